The van der Waals surface area contributed by atoms with Crippen LogP contribution in [0.3, 0.4) is 0 Å². The van der Waals surface area contributed by atoms with Gasteiger partial charge in [0.25, 0.3) is 0 Å². The summed E-state index contributed by atoms with van der Waals surface area (Å²) in [6, 6.07) is 6.69. The largest absolute Gasteiger partial charge is 0.224 e. The normalized spacial score (nSPS) is 11.2. The molecule has 0 spiro atoms. The molecule has 96 valence electrons. The van der Waals surface area contributed by atoms with E-state index in [2.05, 4.69) is 9.97 Å². The molecule has 0 fully saturated rings. The van der Waals surface area contributed by atoms with Crippen LogP contribution in [-0.4, -0.2) is 9.97 Å². The SMILES string of the molecule is Cc1cc(-c2nc(Cl)c3cccc(F)c3n2)sc1C. The zero-order valence-corrected chi connectivity index (χ0v) is 11.9. The first-order chi connectivity index (χ1) is 9.06. The Hall–Kier alpha value is -1.52. The van der Waals surface area contributed by atoms with Crippen LogP contribution in [0.25, 0.3) is 21.6 Å². The van der Waals surface area contributed by atoms with Crippen molar-refractivity contribution in [2.45, 2.75) is 13.8 Å². The predicted octanol–water partition coefficient (Wildman–Crippen LogP) is 4.77. The van der Waals surface area contributed by atoms with Gasteiger partial charge in [0, 0.05) is 10.3 Å². The molecule has 2 aromatic heterocycles. The number of hydrogen-bond acceptors (Lipinski definition) is 3. The van der Waals surface area contributed by atoms with Crippen LogP contribution >= 0.6 is 22.9 Å². The van der Waals surface area contributed by atoms with E-state index in [0.29, 0.717) is 11.2 Å². The zero-order valence-electron chi connectivity index (χ0n) is 10.4. The molecule has 1 aromatic carbocycles. The first-order valence-electron chi connectivity index (χ1n) is 5.75. The van der Waals surface area contributed by atoms with E-state index in [-0.39, 0.29) is 16.5 Å². The summed E-state index contributed by atoms with van der Waals surface area (Å²) in [5, 5.41) is 0.818. The van der Waals surface area contributed by atoms with Gasteiger partial charge in [-0.15, -0.1) is 11.3 Å². The molecule has 19 heavy (non-hydrogen) atoms. The maximum atomic E-state index is 13.8. The average Bonchev–Trinajstić information content (AvgIpc) is 2.71. The van der Waals surface area contributed by atoms with E-state index in [1.54, 1.807) is 23.5 Å². The number of fused-ring (bicyclic) bond motifs is 1. The molecule has 0 N–H and O–H groups in total. The average molecular weight is 293 g/mol. The second kappa shape index (κ2) is 4.54. The Bertz CT molecular complexity index is 763. The first-order valence-corrected chi connectivity index (χ1v) is 6.95. The standard InChI is InChI=1S/C14H10ClFN2S/c1-7-6-11(19-8(7)2)14-17-12-9(13(15)18-14)4-3-5-10(12)16/h3-6H,1-2H3. The Morgan fingerprint density at radius 2 is 2.00 bits per heavy atom. The van der Waals surface area contributed by atoms with Crippen LogP contribution in [-0.2, 0) is 0 Å². The molecule has 0 aliphatic rings. The van der Waals surface area contributed by atoms with Crippen molar-refractivity contribution in [3.8, 4) is 10.7 Å². The highest BCUT2D eigenvalue weighted by molar-refractivity contribution is 7.15. The lowest BCUT2D eigenvalue weighted by atomic mass is 10.2. The van der Waals surface area contributed by atoms with Crippen molar-refractivity contribution >= 4 is 33.8 Å². The van der Waals surface area contributed by atoms with Gasteiger partial charge in [-0.25, -0.2) is 14.4 Å². The molecule has 0 unspecified atom stereocenters. The number of rotatable bonds is 1. The number of thiophene rings is 1. The number of aromatic nitrogens is 2. The number of hydrogen-bond donors (Lipinski definition) is 0. The summed E-state index contributed by atoms with van der Waals surface area (Å²) in [7, 11) is 0. The van der Waals surface area contributed by atoms with Crippen molar-refractivity contribution in [2.24, 2.45) is 0 Å². The van der Waals surface area contributed by atoms with Gasteiger partial charge in [0.2, 0.25) is 0 Å². The molecule has 0 radical (unpaired) electrons. The Balaban J connectivity index is 2.28. The van der Waals surface area contributed by atoms with Crippen LogP contribution in [0.4, 0.5) is 4.39 Å². The topological polar surface area (TPSA) is 25.8 Å². The molecule has 0 bridgehead atoms. The van der Waals surface area contributed by atoms with Crippen molar-refractivity contribution in [1.29, 1.82) is 0 Å². The van der Waals surface area contributed by atoms with Crippen LogP contribution in [0.1, 0.15) is 10.4 Å². The summed E-state index contributed by atoms with van der Waals surface area (Å²) in [6.07, 6.45) is 0. The summed E-state index contributed by atoms with van der Waals surface area (Å²) < 4.78 is 13.8. The third-order valence-electron chi connectivity index (χ3n) is 3.02. The van der Waals surface area contributed by atoms with Gasteiger partial charge in [0.15, 0.2) is 5.82 Å². The van der Waals surface area contributed by atoms with Crippen molar-refractivity contribution in [1.82, 2.24) is 9.97 Å². The predicted molar refractivity (Wildman–Crippen MR) is 77.3 cm³/mol. The molecule has 0 saturated carbocycles. The van der Waals surface area contributed by atoms with Gasteiger partial charge >= 0.3 is 0 Å². The fourth-order valence-electron chi connectivity index (χ4n) is 1.87. The highest BCUT2D eigenvalue weighted by Crippen LogP contribution is 2.31. The second-order valence-electron chi connectivity index (χ2n) is 4.32. The monoisotopic (exact) mass is 292 g/mol. The molecule has 2 heterocycles. The minimum Gasteiger partial charge on any atom is -0.224 e. The Labute approximate surface area is 118 Å². The Morgan fingerprint density at radius 3 is 2.68 bits per heavy atom. The van der Waals surface area contributed by atoms with Gasteiger partial charge in [0.05, 0.1) is 4.88 Å². The lowest BCUT2D eigenvalue weighted by molar-refractivity contribution is 0.636. The quantitative estimate of drug-likeness (QED) is 0.604. The minimum absolute atomic E-state index is 0.265. The summed E-state index contributed by atoms with van der Waals surface area (Å²) in [4.78, 5) is 10.7. The summed E-state index contributed by atoms with van der Waals surface area (Å²) in [5.41, 5.74) is 1.44. The van der Waals surface area contributed by atoms with Gasteiger partial charge in [-0.1, -0.05) is 17.7 Å². The highest BCUT2D eigenvalue weighted by atomic mass is 35.5. The van der Waals surface area contributed by atoms with Gasteiger partial charge in [0.1, 0.15) is 16.5 Å². The first kappa shape index (κ1) is 12.5. The third-order valence-corrected chi connectivity index (χ3v) is 4.45. The molecule has 0 aliphatic heterocycles. The van der Waals surface area contributed by atoms with Crippen molar-refractivity contribution in [3.63, 3.8) is 0 Å². The smallest absolute Gasteiger partial charge is 0.171 e. The Kier molecular flexibility index (Phi) is 2.99. The number of para-hydroxylation sites is 1. The molecular formula is C14H10ClFN2S. The number of benzene rings is 1. The molecule has 2 nitrogen and oxygen atoms in total. The van der Waals surface area contributed by atoms with E-state index in [4.69, 9.17) is 11.6 Å². The fourth-order valence-corrected chi connectivity index (χ4v) is 3.07. The van der Waals surface area contributed by atoms with E-state index in [0.717, 1.165) is 4.88 Å². The summed E-state index contributed by atoms with van der Waals surface area (Å²) in [5.74, 6) is 0.0943. The lowest BCUT2D eigenvalue weighted by Crippen LogP contribution is -1.92. The molecule has 3 aromatic rings. The van der Waals surface area contributed by atoms with Crippen LogP contribution in [0.5, 0.6) is 0 Å². The molecule has 5 heteroatoms. The molecule has 0 amide bonds. The van der Waals surface area contributed by atoms with Crippen LogP contribution in [0.15, 0.2) is 24.3 Å². The third kappa shape index (κ3) is 2.11. The molecule has 0 saturated heterocycles. The number of halogens is 2. The molecular weight excluding hydrogens is 283 g/mol. The van der Waals surface area contributed by atoms with Crippen molar-refractivity contribution < 1.29 is 4.39 Å². The van der Waals surface area contributed by atoms with E-state index in [9.17, 15) is 4.39 Å². The highest BCUT2D eigenvalue weighted by Gasteiger charge is 2.13. The van der Waals surface area contributed by atoms with E-state index >= 15 is 0 Å². The number of nitrogens with zero attached hydrogens (tertiary/aromatic N) is 2. The van der Waals surface area contributed by atoms with Gasteiger partial charge < -0.3 is 0 Å². The summed E-state index contributed by atoms with van der Waals surface area (Å²) >= 11 is 7.70. The van der Waals surface area contributed by atoms with Crippen molar-refractivity contribution in [2.75, 3.05) is 0 Å². The number of aryl methyl sites for hydroxylation is 2. The maximum Gasteiger partial charge on any atom is 0.171 e. The molecule has 0 aliphatic carbocycles. The maximum absolute atomic E-state index is 13.8. The lowest BCUT2D eigenvalue weighted by Gasteiger charge is -2.03. The van der Waals surface area contributed by atoms with E-state index < -0.39 is 0 Å². The fraction of sp³-hybridized carbons (Fsp3) is 0.143. The zero-order chi connectivity index (χ0) is 13.6. The Morgan fingerprint density at radius 1 is 1.21 bits per heavy atom. The van der Waals surface area contributed by atoms with Crippen molar-refractivity contribution in [3.05, 3.63) is 45.7 Å². The summed E-state index contributed by atoms with van der Waals surface area (Å²) in [6.45, 7) is 4.06. The second-order valence-corrected chi connectivity index (χ2v) is 5.94. The van der Waals surface area contributed by atoms with Crippen LogP contribution < -0.4 is 0 Å². The van der Waals surface area contributed by atoms with Gasteiger partial charge in [-0.2, -0.15) is 0 Å². The minimum atomic E-state index is -0.381. The van der Waals surface area contributed by atoms with Gasteiger partial charge in [-0.3, -0.25) is 0 Å². The van der Waals surface area contributed by atoms with Gasteiger partial charge in [-0.05, 0) is 37.6 Å². The molecule has 3 rings (SSSR count). The van der Waals surface area contributed by atoms with E-state index in [1.807, 2.05) is 19.9 Å². The van der Waals surface area contributed by atoms with Crippen LogP contribution in [0, 0.1) is 19.7 Å². The van der Waals surface area contributed by atoms with E-state index in [1.165, 1.54) is 16.5 Å². The molecule has 0 atom stereocenters. The van der Waals surface area contributed by atoms with Crippen LogP contribution in [0.2, 0.25) is 5.15 Å².